The summed E-state index contributed by atoms with van der Waals surface area (Å²) in [4.78, 5) is 22.1. The molecule has 0 atom stereocenters. The van der Waals surface area contributed by atoms with Gasteiger partial charge in [-0.15, -0.1) is 0 Å². The molecule has 0 spiro atoms. The summed E-state index contributed by atoms with van der Waals surface area (Å²) in [7, 11) is 1.60. The SMILES string of the molecule is CN(OCc1ccccc1)C(=O)c1cc2ccccc2cn1. The Morgan fingerprint density at radius 3 is 2.50 bits per heavy atom. The third-order valence-electron chi connectivity index (χ3n) is 3.40. The number of hydrogen-bond donors (Lipinski definition) is 0. The predicted molar refractivity (Wildman–Crippen MR) is 85.1 cm³/mol. The minimum Gasteiger partial charge on any atom is -0.266 e. The van der Waals surface area contributed by atoms with Crippen LogP contribution in [0.15, 0.2) is 66.9 Å². The third kappa shape index (κ3) is 3.13. The minimum absolute atomic E-state index is 0.262. The van der Waals surface area contributed by atoms with E-state index in [2.05, 4.69) is 4.98 Å². The molecule has 0 fully saturated rings. The predicted octanol–water partition coefficient (Wildman–Crippen LogP) is 3.44. The molecule has 3 aromatic rings. The lowest BCUT2D eigenvalue weighted by Gasteiger charge is -2.16. The molecule has 1 amide bonds. The summed E-state index contributed by atoms with van der Waals surface area (Å²) in [6, 6.07) is 19.3. The zero-order valence-electron chi connectivity index (χ0n) is 12.3. The van der Waals surface area contributed by atoms with Crippen molar-refractivity contribution in [3.8, 4) is 0 Å². The summed E-state index contributed by atoms with van der Waals surface area (Å²) >= 11 is 0. The highest BCUT2D eigenvalue weighted by Crippen LogP contribution is 2.14. The number of nitrogens with zero attached hydrogens (tertiary/aromatic N) is 2. The lowest BCUT2D eigenvalue weighted by Crippen LogP contribution is -2.27. The van der Waals surface area contributed by atoms with Gasteiger partial charge in [0.15, 0.2) is 0 Å². The summed E-state index contributed by atoms with van der Waals surface area (Å²) in [6.45, 7) is 0.344. The fourth-order valence-corrected chi connectivity index (χ4v) is 2.17. The van der Waals surface area contributed by atoms with E-state index in [1.807, 2.05) is 54.6 Å². The molecule has 3 rings (SSSR count). The highest BCUT2D eigenvalue weighted by atomic mass is 16.7. The van der Waals surface area contributed by atoms with E-state index in [0.717, 1.165) is 16.3 Å². The van der Waals surface area contributed by atoms with Crippen LogP contribution in [0.25, 0.3) is 10.8 Å². The zero-order chi connectivity index (χ0) is 15.4. The molecule has 110 valence electrons. The number of fused-ring (bicyclic) bond motifs is 1. The number of pyridine rings is 1. The Kier molecular flexibility index (Phi) is 4.12. The summed E-state index contributed by atoms with van der Waals surface area (Å²) in [6.07, 6.45) is 1.70. The molecule has 0 aliphatic rings. The number of hydrogen-bond acceptors (Lipinski definition) is 3. The first-order valence-corrected chi connectivity index (χ1v) is 7.04. The van der Waals surface area contributed by atoms with Gasteiger partial charge in [0.05, 0.1) is 0 Å². The molecule has 1 heterocycles. The second kappa shape index (κ2) is 6.37. The van der Waals surface area contributed by atoms with Gasteiger partial charge in [0.2, 0.25) is 0 Å². The second-order valence-electron chi connectivity index (χ2n) is 4.98. The summed E-state index contributed by atoms with van der Waals surface area (Å²) in [5.41, 5.74) is 1.38. The van der Waals surface area contributed by atoms with Crippen molar-refractivity contribution in [3.05, 3.63) is 78.1 Å². The number of carbonyl (C=O) groups excluding carboxylic acids is 1. The molecule has 0 aliphatic carbocycles. The fraction of sp³-hybridized carbons (Fsp3) is 0.111. The number of aromatic nitrogens is 1. The lowest BCUT2D eigenvalue weighted by molar-refractivity contribution is -0.116. The average Bonchev–Trinajstić information content (AvgIpc) is 2.59. The van der Waals surface area contributed by atoms with Gasteiger partial charge in [-0.2, -0.15) is 0 Å². The van der Waals surface area contributed by atoms with Crippen molar-refractivity contribution in [1.29, 1.82) is 0 Å². The first-order chi connectivity index (χ1) is 10.7. The van der Waals surface area contributed by atoms with Crippen LogP contribution in [0.5, 0.6) is 0 Å². The van der Waals surface area contributed by atoms with Gasteiger partial charge in [-0.1, -0.05) is 54.6 Å². The molecule has 0 N–H and O–H groups in total. The molecule has 0 aliphatic heterocycles. The molecule has 0 unspecified atom stereocenters. The molecular formula is C18H16N2O2. The molecule has 0 radical (unpaired) electrons. The van der Waals surface area contributed by atoms with Crippen LogP contribution in [0, 0.1) is 0 Å². The van der Waals surface area contributed by atoms with Gasteiger partial charge in [0.1, 0.15) is 12.3 Å². The molecule has 1 aromatic heterocycles. The maximum atomic E-state index is 12.3. The van der Waals surface area contributed by atoms with Crippen molar-refractivity contribution in [3.63, 3.8) is 0 Å². The highest BCUT2D eigenvalue weighted by molar-refractivity contribution is 5.95. The largest absolute Gasteiger partial charge is 0.295 e. The maximum absolute atomic E-state index is 12.3. The van der Waals surface area contributed by atoms with Crippen LogP contribution >= 0.6 is 0 Å². The molecule has 4 nitrogen and oxygen atoms in total. The van der Waals surface area contributed by atoms with Crippen LogP contribution in [-0.2, 0) is 11.4 Å². The Bertz CT molecular complexity index is 787. The van der Waals surface area contributed by atoms with E-state index < -0.39 is 0 Å². The van der Waals surface area contributed by atoms with Crippen LogP contribution in [0.3, 0.4) is 0 Å². The quantitative estimate of drug-likeness (QED) is 0.692. The van der Waals surface area contributed by atoms with Crippen molar-refractivity contribution in [2.45, 2.75) is 6.61 Å². The summed E-state index contributed by atoms with van der Waals surface area (Å²) in [5, 5.41) is 3.22. The highest BCUT2D eigenvalue weighted by Gasteiger charge is 2.14. The van der Waals surface area contributed by atoms with Gasteiger partial charge in [0.25, 0.3) is 5.91 Å². The van der Waals surface area contributed by atoms with Crippen LogP contribution in [0.4, 0.5) is 0 Å². The van der Waals surface area contributed by atoms with E-state index in [4.69, 9.17) is 4.84 Å². The zero-order valence-corrected chi connectivity index (χ0v) is 12.3. The average molecular weight is 292 g/mol. The lowest BCUT2D eigenvalue weighted by atomic mass is 10.1. The van der Waals surface area contributed by atoms with Gasteiger partial charge in [-0.3, -0.25) is 14.6 Å². The molecule has 4 heteroatoms. The van der Waals surface area contributed by atoms with E-state index in [1.165, 1.54) is 5.06 Å². The van der Waals surface area contributed by atoms with E-state index >= 15 is 0 Å². The summed E-state index contributed by atoms with van der Waals surface area (Å²) < 4.78 is 0. The number of hydroxylamine groups is 2. The molecule has 0 saturated carbocycles. The minimum atomic E-state index is -0.262. The molecule has 22 heavy (non-hydrogen) atoms. The van der Waals surface area contributed by atoms with Gasteiger partial charge in [-0.25, -0.2) is 5.06 Å². The first kappa shape index (κ1) is 14.2. The smallest absolute Gasteiger partial charge is 0.266 e. The standard InChI is InChI=1S/C18H16N2O2/c1-20(22-13-14-7-3-2-4-8-14)18(21)17-11-15-9-5-6-10-16(15)12-19-17/h2-12H,13H2,1H3. The Balaban J connectivity index is 1.71. The van der Waals surface area contributed by atoms with E-state index in [1.54, 1.807) is 19.3 Å². The van der Waals surface area contributed by atoms with Crippen LogP contribution < -0.4 is 0 Å². The Hall–Kier alpha value is -2.72. The Morgan fingerprint density at radius 1 is 1.05 bits per heavy atom. The van der Waals surface area contributed by atoms with Crippen LogP contribution in [-0.4, -0.2) is 23.0 Å². The topological polar surface area (TPSA) is 42.4 Å². The van der Waals surface area contributed by atoms with Gasteiger partial charge < -0.3 is 0 Å². The van der Waals surface area contributed by atoms with E-state index in [9.17, 15) is 4.79 Å². The van der Waals surface area contributed by atoms with Crippen molar-refractivity contribution in [2.75, 3.05) is 7.05 Å². The fourth-order valence-electron chi connectivity index (χ4n) is 2.17. The van der Waals surface area contributed by atoms with E-state index in [-0.39, 0.29) is 5.91 Å². The van der Waals surface area contributed by atoms with Crippen LogP contribution in [0.1, 0.15) is 16.1 Å². The molecule has 0 bridgehead atoms. The third-order valence-corrected chi connectivity index (χ3v) is 3.40. The number of benzene rings is 2. The Labute approximate surface area is 128 Å². The van der Waals surface area contributed by atoms with Gasteiger partial charge in [-0.05, 0) is 17.0 Å². The summed E-state index contributed by atoms with van der Waals surface area (Å²) in [5.74, 6) is -0.262. The number of carbonyl (C=O) groups is 1. The first-order valence-electron chi connectivity index (χ1n) is 7.04. The molecular weight excluding hydrogens is 276 g/mol. The second-order valence-corrected chi connectivity index (χ2v) is 4.98. The monoisotopic (exact) mass is 292 g/mol. The van der Waals surface area contributed by atoms with Gasteiger partial charge in [0, 0.05) is 18.6 Å². The Morgan fingerprint density at radius 2 is 1.73 bits per heavy atom. The van der Waals surface area contributed by atoms with Gasteiger partial charge >= 0.3 is 0 Å². The molecule has 0 saturated heterocycles. The number of amides is 1. The van der Waals surface area contributed by atoms with Crippen molar-refractivity contribution in [2.24, 2.45) is 0 Å². The van der Waals surface area contributed by atoms with Crippen molar-refractivity contribution < 1.29 is 9.63 Å². The van der Waals surface area contributed by atoms with E-state index in [0.29, 0.717) is 12.3 Å². The molecule has 2 aromatic carbocycles. The number of rotatable bonds is 4. The van der Waals surface area contributed by atoms with Crippen LogP contribution in [0.2, 0.25) is 0 Å². The van der Waals surface area contributed by atoms with Crippen molar-refractivity contribution in [1.82, 2.24) is 10.0 Å². The maximum Gasteiger partial charge on any atom is 0.295 e. The normalized spacial score (nSPS) is 10.6. The van der Waals surface area contributed by atoms with Crippen molar-refractivity contribution >= 4 is 16.7 Å².